The monoisotopic (exact) mass is 304 g/mol. The number of benzene rings is 3. The predicted octanol–water partition coefficient (Wildman–Crippen LogP) is 5.61. The average molecular weight is 304 g/mol. The van der Waals surface area contributed by atoms with Gasteiger partial charge < -0.3 is 0 Å². The fourth-order valence-electron chi connectivity index (χ4n) is 3.10. The average Bonchev–Trinajstić information content (AvgIpc) is 2.62. The van der Waals surface area contributed by atoms with Gasteiger partial charge in [-0.1, -0.05) is 97.9 Å². The molecule has 0 spiro atoms. The molecule has 3 rings (SSSR count). The smallest absolute Gasteiger partial charge is 0.0409 e. The topological polar surface area (TPSA) is 0 Å². The summed E-state index contributed by atoms with van der Waals surface area (Å²) in [5, 5.41) is -0.135. The zero-order valence-electron chi connectivity index (χ0n) is 12.8. The molecule has 1 heteroatoms. The molecule has 0 N–H and O–H groups in total. The van der Waals surface area contributed by atoms with Gasteiger partial charge in [-0.05, 0) is 22.6 Å². The molecule has 2 unspecified atom stereocenters. The molecule has 0 aliphatic rings. The minimum absolute atomic E-state index is 0.135. The molecule has 22 heavy (non-hydrogen) atoms. The summed E-state index contributed by atoms with van der Waals surface area (Å²) in [5.41, 5.74) is 4.00. The van der Waals surface area contributed by atoms with Gasteiger partial charge in [0, 0.05) is 5.16 Å². The predicted molar refractivity (Wildman–Crippen MR) is 98.2 cm³/mol. The molecule has 0 saturated carbocycles. The van der Waals surface area contributed by atoms with Crippen LogP contribution >= 0.6 is 9.24 Å². The number of hydrogen-bond acceptors (Lipinski definition) is 0. The minimum Gasteiger partial charge on any atom is -0.121 e. The Bertz CT molecular complexity index is 665. The van der Waals surface area contributed by atoms with E-state index in [1.54, 1.807) is 0 Å². The molecular formula is C21H21P. The Labute approximate surface area is 135 Å². The second kappa shape index (κ2) is 6.46. The zero-order chi connectivity index (χ0) is 15.4. The summed E-state index contributed by atoms with van der Waals surface area (Å²) in [4.78, 5) is 0. The van der Waals surface area contributed by atoms with Crippen LogP contribution in [-0.4, -0.2) is 0 Å². The fraction of sp³-hybridized carbons (Fsp3) is 0.143. The minimum atomic E-state index is -0.135. The number of hydrogen-bond donors (Lipinski definition) is 0. The molecule has 0 nitrogen and oxygen atoms in total. The maximum absolute atomic E-state index is 3.13. The van der Waals surface area contributed by atoms with E-state index in [1.807, 2.05) is 0 Å². The van der Waals surface area contributed by atoms with Gasteiger partial charge >= 0.3 is 0 Å². The van der Waals surface area contributed by atoms with Crippen molar-refractivity contribution in [3.8, 4) is 0 Å². The third-order valence-electron chi connectivity index (χ3n) is 4.49. The summed E-state index contributed by atoms with van der Waals surface area (Å²) in [6, 6.07) is 32.3. The van der Waals surface area contributed by atoms with Crippen molar-refractivity contribution in [1.82, 2.24) is 0 Å². The quantitative estimate of drug-likeness (QED) is 0.550. The zero-order valence-corrected chi connectivity index (χ0v) is 14.0. The van der Waals surface area contributed by atoms with E-state index in [4.69, 9.17) is 0 Å². The lowest BCUT2D eigenvalue weighted by Crippen LogP contribution is -2.27. The highest BCUT2D eigenvalue weighted by Crippen LogP contribution is 2.49. The van der Waals surface area contributed by atoms with E-state index in [2.05, 4.69) is 107 Å². The molecule has 0 aromatic heterocycles. The molecule has 0 aliphatic heterocycles. The Balaban J connectivity index is 2.16. The molecule has 3 aromatic carbocycles. The van der Waals surface area contributed by atoms with Gasteiger partial charge in [0.25, 0.3) is 0 Å². The largest absolute Gasteiger partial charge is 0.121 e. The van der Waals surface area contributed by atoms with Crippen molar-refractivity contribution in [2.45, 2.75) is 18.0 Å². The molecule has 0 bridgehead atoms. The maximum atomic E-state index is 3.13. The van der Waals surface area contributed by atoms with E-state index in [1.165, 1.54) is 16.7 Å². The summed E-state index contributed by atoms with van der Waals surface area (Å²) in [5.74, 6) is 0.350. The van der Waals surface area contributed by atoms with Crippen molar-refractivity contribution < 1.29 is 0 Å². The highest BCUT2D eigenvalue weighted by Gasteiger charge is 2.35. The summed E-state index contributed by atoms with van der Waals surface area (Å²) in [6.07, 6.45) is 0. The Morgan fingerprint density at radius 1 is 0.636 bits per heavy atom. The van der Waals surface area contributed by atoms with E-state index in [0.29, 0.717) is 5.92 Å². The van der Waals surface area contributed by atoms with Crippen LogP contribution in [0.3, 0.4) is 0 Å². The normalized spacial score (nSPS) is 12.8. The van der Waals surface area contributed by atoms with Gasteiger partial charge in [-0.2, -0.15) is 0 Å². The number of rotatable bonds is 4. The van der Waals surface area contributed by atoms with Crippen LogP contribution in [0, 0.1) is 0 Å². The van der Waals surface area contributed by atoms with Crippen molar-refractivity contribution in [3.63, 3.8) is 0 Å². The molecule has 0 aliphatic carbocycles. The van der Waals surface area contributed by atoms with Crippen LogP contribution in [0.4, 0.5) is 0 Å². The van der Waals surface area contributed by atoms with E-state index in [9.17, 15) is 0 Å². The molecule has 0 radical (unpaired) electrons. The molecule has 0 amide bonds. The summed E-state index contributed by atoms with van der Waals surface area (Å²) in [6.45, 7) is 2.31. The van der Waals surface area contributed by atoms with Crippen LogP contribution in [0.25, 0.3) is 0 Å². The Morgan fingerprint density at radius 2 is 1.00 bits per heavy atom. The van der Waals surface area contributed by atoms with Gasteiger partial charge in [-0.25, -0.2) is 0 Å². The maximum Gasteiger partial charge on any atom is 0.0409 e. The lowest BCUT2D eigenvalue weighted by molar-refractivity contribution is 0.603. The van der Waals surface area contributed by atoms with Crippen LogP contribution in [0.15, 0.2) is 91.0 Å². The summed E-state index contributed by atoms with van der Waals surface area (Å²) >= 11 is 0. The first-order valence-corrected chi connectivity index (χ1v) is 8.25. The van der Waals surface area contributed by atoms with Gasteiger partial charge in [0.05, 0.1) is 0 Å². The summed E-state index contributed by atoms with van der Waals surface area (Å²) in [7, 11) is 3.13. The molecule has 2 atom stereocenters. The van der Waals surface area contributed by atoms with Crippen LogP contribution in [0.2, 0.25) is 0 Å². The highest BCUT2D eigenvalue weighted by molar-refractivity contribution is 7.19. The lowest BCUT2D eigenvalue weighted by atomic mass is 9.77. The Hall–Kier alpha value is -1.91. The molecule has 110 valence electrons. The van der Waals surface area contributed by atoms with Crippen molar-refractivity contribution in [2.75, 3.05) is 0 Å². The second-order valence-electron chi connectivity index (χ2n) is 5.73. The molecular weight excluding hydrogens is 283 g/mol. The fourth-order valence-corrected chi connectivity index (χ4v) is 3.68. The van der Waals surface area contributed by atoms with Crippen molar-refractivity contribution in [3.05, 3.63) is 108 Å². The second-order valence-corrected chi connectivity index (χ2v) is 6.64. The van der Waals surface area contributed by atoms with Crippen LogP contribution in [-0.2, 0) is 5.16 Å². The van der Waals surface area contributed by atoms with E-state index < -0.39 is 0 Å². The molecule has 0 fully saturated rings. The first-order chi connectivity index (χ1) is 10.7. The van der Waals surface area contributed by atoms with Crippen molar-refractivity contribution >= 4 is 9.24 Å². The Morgan fingerprint density at radius 3 is 1.41 bits per heavy atom. The third-order valence-corrected chi connectivity index (χ3v) is 5.65. The molecule has 0 saturated heterocycles. The van der Waals surface area contributed by atoms with Gasteiger partial charge in [0.2, 0.25) is 0 Å². The van der Waals surface area contributed by atoms with E-state index in [0.717, 1.165) is 0 Å². The molecule has 0 heterocycles. The Kier molecular flexibility index (Phi) is 4.41. The third kappa shape index (κ3) is 2.72. The van der Waals surface area contributed by atoms with E-state index in [-0.39, 0.29) is 5.16 Å². The first-order valence-electron chi connectivity index (χ1n) is 7.68. The van der Waals surface area contributed by atoms with Gasteiger partial charge in [-0.3, -0.25) is 0 Å². The van der Waals surface area contributed by atoms with Gasteiger partial charge in [0.15, 0.2) is 0 Å². The van der Waals surface area contributed by atoms with Crippen LogP contribution in [0.1, 0.15) is 29.5 Å². The van der Waals surface area contributed by atoms with E-state index >= 15 is 0 Å². The highest BCUT2D eigenvalue weighted by atomic mass is 31.0. The van der Waals surface area contributed by atoms with Gasteiger partial charge in [-0.15, -0.1) is 9.24 Å². The van der Waals surface area contributed by atoms with Crippen LogP contribution in [0.5, 0.6) is 0 Å². The standard InChI is InChI=1S/C21H21P/c1-17(18-11-5-2-6-12-18)21(22,19-13-7-3-8-14-19)20-15-9-4-10-16-20/h2-17H,22H2,1H3. The van der Waals surface area contributed by atoms with Crippen molar-refractivity contribution in [2.24, 2.45) is 0 Å². The molecule has 3 aromatic rings. The summed E-state index contributed by atoms with van der Waals surface area (Å²) < 4.78 is 0. The van der Waals surface area contributed by atoms with Gasteiger partial charge in [0.1, 0.15) is 0 Å². The first kappa shape index (κ1) is 15.0. The SMILES string of the molecule is CC(c1ccccc1)C(P)(c1ccccc1)c1ccccc1. The lowest BCUT2D eigenvalue weighted by Gasteiger charge is -2.37. The van der Waals surface area contributed by atoms with Crippen molar-refractivity contribution in [1.29, 1.82) is 0 Å². The van der Waals surface area contributed by atoms with Crippen LogP contribution < -0.4 is 0 Å².